The third kappa shape index (κ3) is 6.71. The van der Waals surface area contributed by atoms with E-state index in [4.69, 9.17) is 29.5 Å². The van der Waals surface area contributed by atoms with Crippen LogP contribution in [0.25, 0.3) is 0 Å². The van der Waals surface area contributed by atoms with Gasteiger partial charge in [0.2, 0.25) is 5.79 Å². The SMILES string of the molecule is O=[N+]([O-])O.O=[N+]([O-])c1cccc([C@]2(Cn3ccnc3)OC[C@@H](COc3ccc(Br)cc3)O2)c1. The Bertz CT molecular complexity index is 1080. The first-order chi connectivity index (χ1) is 15.8. The lowest BCUT2D eigenvalue weighted by Gasteiger charge is -2.29. The van der Waals surface area contributed by atoms with Gasteiger partial charge in [0.15, 0.2) is 0 Å². The van der Waals surface area contributed by atoms with Gasteiger partial charge >= 0.3 is 0 Å². The number of non-ortho nitro benzene ring substituents is 1. The molecule has 2 atom stereocenters. The van der Waals surface area contributed by atoms with Crippen LogP contribution < -0.4 is 4.74 Å². The number of nitro benzene ring substituents is 1. The van der Waals surface area contributed by atoms with E-state index in [1.807, 2.05) is 28.8 Å². The first-order valence-corrected chi connectivity index (χ1v) is 10.3. The summed E-state index contributed by atoms with van der Waals surface area (Å²) in [6.45, 7) is 0.902. The zero-order valence-electron chi connectivity index (χ0n) is 17.0. The fourth-order valence-electron chi connectivity index (χ4n) is 3.17. The van der Waals surface area contributed by atoms with E-state index in [0.29, 0.717) is 25.3 Å². The van der Waals surface area contributed by atoms with Crippen LogP contribution in [0.4, 0.5) is 5.69 Å². The molecule has 2 aromatic carbocycles. The van der Waals surface area contributed by atoms with Crippen molar-refractivity contribution in [3.63, 3.8) is 0 Å². The van der Waals surface area contributed by atoms with Crippen LogP contribution in [0.15, 0.2) is 71.7 Å². The predicted octanol–water partition coefficient (Wildman–Crippen LogP) is 3.55. The number of nitro groups is 1. The number of imidazole rings is 1. The van der Waals surface area contributed by atoms with Crippen molar-refractivity contribution in [1.29, 1.82) is 0 Å². The maximum Gasteiger partial charge on any atom is 0.291 e. The maximum atomic E-state index is 11.2. The molecule has 1 aromatic heterocycles. The average molecular weight is 523 g/mol. The molecule has 1 fully saturated rings. The Morgan fingerprint density at radius 1 is 1.24 bits per heavy atom. The lowest BCUT2D eigenvalue weighted by Crippen LogP contribution is -2.34. The van der Waals surface area contributed by atoms with Crippen LogP contribution in [-0.2, 0) is 21.8 Å². The number of benzene rings is 2. The Morgan fingerprint density at radius 3 is 2.61 bits per heavy atom. The van der Waals surface area contributed by atoms with Gasteiger partial charge < -0.3 is 24.0 Å². The molecule has 2 heterocycles. The van der Waals surface area contributed by atoms with Crippen molar-refractivity contribution in [2.45, 2.75) is 18.4 Å². The highest BCUT2D eigenvalue weighted by atomic mass is 79.9. The van der Waals surface area contributed by atoms with Crippen molar-refractivity contribution in [1.82, 2.24) is 9.55 Å². The van der Waals surface area contributed by atoms with Gasteiger partial charge in [-0.15, -0.1) is 10.1 Å². The molecule has 33 heavy (non-hydrogen) atoms. The van der Waals surface area contributed by atoms with Crippen LogP contribution in [-0.4, -0.2) is 44.1 Å². The quantitative estimate of drug-likeness (QED) is 0.362. The number of nitrogens with zero attached hydrogens (tertiary/aromatic N) is 4. The summed E-state index contributed by atoms with van der Waals surface area (Å²) in [7, 11) is 0. The van der Waals surface area contributed by atoms with Gasteiger partial charge in [0.05, 0.1) is 24.4 Å². The van der Waals surface area contributed by atoms with Gasteiger partial charge in [0.25, 0.3) is 10.8 Å². The molecule has 12 nitrogen and oxygen atoms in total. The second-order valence-electron chi connectivity index (χ2n) is 6.85. The van der Waals surface area contributed by atoms with Crippen molar-refractivity contribution in [3.05, 3.63) is 97.5 Å². The Balaban J connectivity index is 0.000000709. The molecule has 1 saturated heterocycles. The third-order valence-corrected chi connectivity index (χ3v) is 5.08. The number of ether oxygens (including phenoxy) is 3. The summed E-state index contributed by atoms with van der Waals surface area (Å²) in [6.07, 6.45) is 4.76. The number of rotatable bonds is 7. The minimum absolute atomic E-state index is 0.0192. The molecule has 174 valence electrons. The smallest absolute Gasteiger partial charge is 0.291 e. The van der Waals surface area contributed by atoms with Crippen molar-refractivity contribution in [2.75, 3.05) is 13.2 Å². The molecule has 4 rings (SSSR count). The minimum atomic E-state index is -1.50. The normalized spacial score (nSPS) is 19.4. The van der Waals surface area contributed by atoms with E-state index >= 15 is 0 Å². The van der Waals surface area contributed by atoms with Gasteiger partial charge in [-0.3, -0.25) is 10.1 Å². The highest BCUT2D eigenvalue weighted by Crippen LogP contribution is 2.37. The third-order valence-electron chi connectivity index (χ3n) is 4.56. The summed E-state index contributed by atoms with van der Waals surface area (Å²) >= 11 is 3.39. The molecule has 1 aliphatic heterocycles. The van der Waals surface area contributed by atoms with E-state index in [1.165, 1.54) is 12.1 Å². The Morgan fingerprint density at radius 2 is 1.97 bits per heavy atom. The van der Waals surface area contributed by atoms with E-state index in [2.05, 4.69) is 20.9 Å². The first kappa shape index (κ1) is 24.1. The fraction of sp³-hybridized carbons (Fsp3) is 0.250. The summed E-state index contributed by atoms with van der Waals surface area (Å²) < 4.78 is 20.9. The van der Waals surface area contributed by atoms with Gasteiger partial charge in [0.1, 0.15) is 18.5 Å². The Kier molecular flexibility index (Phi) is 7.92. The van der Waals surface area contributed by atoms with Gasteiger partial charge in [-0.1, -0.05) is 28.1 Å². The van der Waals surface area contributed by atoms with Gasteiger partial charge in [0, 0.05) is 34.6 Å². The Hall–Kier alpha value is -3.55. The largest absolute Gasteiger partial charge is 0.491 e. The summed E-state index contributed by atoms with van der Waals surface area (Å²) in [6, 6.07) is 13.8. The highest BCUT2D eigenvalue weighted by molar-refractivity contribution is 9.10. The standard InChI is InChI=1S/C20H18BrN3O5.HNO3/c21-16-4-6-18(7-5-16)27-11-19-12-28-20(29-19,13-23-9-8-22-14-23)15-2-1-3-17(10-15)24(25)26;2-1(3)4/h1-10,14,19H,11-13H2;(H,2,3,4)/t19-,20-;/m1./s1. The van der Waals surface area contributed by atoms with Crippen LogP contribution in [0.5, 0.6) is 5.75 Å². The molecule has 0 aliphatic carbocycles. The van der Waals surface area contributed by atoms with Crippen molar-refractivity contribution < 1.29 is 29.4 Å². The summed E-state index contributed by atoms with van der Waals surface area (Å²) in [5.41, 5.74) is 0.556. The molecular formula is C20H19BrN4O8. The van der Waals surface area contributed by atoms with Gasteiger partial charge in [-0.05, 0) is 24.3 Å². The summed E-state index contributed by atoms with van der Waals surface area (Å²) in [5, 5.41) is 24.9. The molecule has 0 spiro atoms. The number of aromatic nitrogens is 2. The zero-order valence-corrected chi connectivity index (χ0v) is 18.6. The van der Waals surface area contributed by atoms with Crippen molar-refractivity contribution in [2.24, 2.45) is 0 Å². The molecular weight excluding hydrogens is 504 g/mol. The predicted molar refractivity (Wildman–Crippen MR) is 116 cm³/mol. The van der Waals surface area contributed by atoms with Crippen molar-refractivity contribution >= 4 is 21.6 Å². The van der Waals surface area contributed by atoms with Crippen LogP contribution >= 0.6 is 15.9 Å². The first-order valence-electron chi connectivity index (χ1n) is 9.51. The van der Waals surface area contributed by atoms with E-state index in [1.54, 1.807) is 30.9 Å². The van der Waals surface area contributed by atoms with Gasteiger partial charge in [-0.2, -0.15) is 0 Å². The van der Waals surface area contributed by atoms with Crippen LogP contribution in [0.2, 0.25) is 0 Å². The maximum absolute atomic E-state index is 11.2. The molecule has 0 amide bonds. The monoisotopic (exact) mass is 522 g/mol. The van der Waals surface area contributed by atoms with Gasteiger partial charge in [-0.25, -0.2) is 4.98 Å². The number of hydrogen-bond donors (Lipinski definition) is 1. The van der Waals surface area contributed by atoms with E-state index < -0.39 is 15.8 Å². The Labute approximate surface area is 195 Å². The van der Waals surface area contributed by atoms with Crippen LogP contribution in [0, 0.1) is 20.2 Å². The van der Waals surface area contributed by atoms with Crippen LogP contribution in [0.1, 0.15) is 5.56 Å². The molecule has 0 unspecified atom stereocenters. The lowest BCUT2D eigenvalue weighted by atomic mass is 10.0. The molecule has 0 bridgehead atoms. The number of halogens is 1. The lowest BCUT2D eigenvalue weighted by molar-refractivity contribution is -0.742. The molecule has 1 N–H and O–H groups in total. The molecule has 1 aliphatic rings. The molecule has 13 heteroatoms. The zero-order chi connectivity index (χ0) is 23.8. The van der Waals surface area contributed by atoms with Crippen molar-refractivity contribution in [3.8, 4) is 5.75 Å². The summed E-state index contributed by atoms with van der Waals surface area (Å²) in [5.74, 6) is -0.445. The highest BCUT2D eigenvalue weighted by Gasteiger charge is 2.44. The van der Waals surface area contributed by atoms with E-state index in [9.17, 15) is 10.1 Å². The molecule has 3 aromatic rings. The number of hydrogen-bond acceptors (Lipinski definition) is 8. The second kappa shape index (κ2) is 10.8. The van der Waals surface area contributed by atoms with E-state index in [0.717, 1.165) is 10.2 Å². The topological polar surface area (TPSA) is 152 Å². The van der Waals surface area contributed by atoms with E-state index in [-0.39, 0.29) is 11.8 Å². The molecule has 0 saturated carbocycles. The van der Waals surface area contributed by atoms with Crippen LogP contribution in [0.3, 0.4) is 0 Å². The average Bonchev–Trinajstić information content (AvgIpc) is 3.44. The minimum Gasteiger partial charge on any atom is -0.491 e. The molecule has 0 radical (unpaired) electrons. The second-order valence-corrected chi connectivity index (χ2v) is 7.76. The summed E-state index contributed by atoms with van der Waals surface area (Å²) in [4.78, 5) is 23.2. The fourth-order valence-corrected chi connectivity index (χ4v) is 3.43.